The van der Waals surface area contributed by atoms with Gasteiger partial charge in [-0.05, 0) is 0 Å². The van der Waals surface area contributed by atoms with E-state index in [1.165, 1.54) is 7.11 Å². The summed E-state index contributed by atoms with van der Waals surface area (Å²) in [7, 11) is 1.37. The zero-order chi connectivity index (χ0) is 11.4. The largest absolute Gasteiger partial charge is 0.390 e. The van der Waals surface area contributed by atoms with Crippen molar-refractivity contribution in [2.45, 2.75) is 31.0 Å². The van der Waals surface area contributed by atoms with Gasteiger partial charge in [-0.3, -0.25) is 0 Å². The molecular weight excluding hydrogens is 204 g/mol. The van der Waals surface area contributed by atoms with E-state index in [1.807, 2.05) is 0 Å². The highest BCUT2D eigenvalue weighted by Crippen LogP contribution is 2.20. The lowest BCUT2D eigenvalue weighted by Crippen LogP contribution is -2.52. The van der Waals surface area contributed by atoms with Crippen LogP contribution in [0.5, 0.6) is 0 Å². The average molecular weight is 220 g/mol. The van der Waals surface area contributed by atoms with Crippen molar-refractivity contribution in [2.24, 2.45) is 5.73 Å². The molecule has 0 spiro atoms. The molecule has 2 amide bonds. The molecular formula is C8H16N2O5. The molecule has 1 rings (SSSR count). The van der Waals surface area contributed by atoms with Crippen LogP contribution in [0.1, 0.15) is 6.42 Å². The fourth-order valence-electron chi connectivity index (χ4n) is 1.46. The van der Waals surface area contributed by atoms with E-state index in [0.29, 0.717) is 0 Å². The Morgan fingerprint density at radius 1 is 1.67 bits per heavy atom. The summed E-state index contributed by atoms with van der Waals surface area (Å²) in [5, 5.41) is 21.2. The number of amides is 2. The molecule has 88 valence electrons. The zero-order valence-electron chi connectivity index (χ0n) is 8.42. The lowest BCUT2D eigenvalue weighted by molar-refractivity contribution is -0.256. The van der Waals surface area contributed by atoms with Crippen LogP contribution in [-0.2, 0) is 9.47 Å². The van der Waals surface area contributed by atoms with Crippen LogP contribution in [0.25, 0.3) is 0 Å². The number of methoxy groups -OCH3 is 1. The van der Waals surface area contributed by atoms with Gasteiger partial charge in [0, 0.05) is 20.1 Å². The predicted molar refractivity (Wildman–Crippen MR) is 49.9 cm³/mol. The third kappa shape index (κ3) is 3.31. The van der Waals surface area contributed by atoms with Crippen molar-refractivity contribution in [3.8, 4) is 0 Å². The number of aliphatic hydroxyl groups excluding tert-OH is 2. The SMILES string of the molecule is CO[C@@H]1O[C@H](CNC(N)=O)C[C@@H](O)[C@H]1O. The fourth-order valence-corrected chi connectivity index (χ4v) is 1.46. The number of primary amides is 1. The van der Waals surface area contributed by atoms with Gasteiger partial charge in [-0.1, -0.05) is 0 Å². The molecule has 0 radical (unpaired) electrons. The van der Waals surface area contributed by atoms with E-state index in [1.54, 1.807) is 0 Å². The molecule has 4 atom stereocenters. The van der Waals surface area contributed by atoms with Crippen molar-refractivity contribution in [3.05, 3.63) is 0 Å². The maximum absolute atomic E-state index is 10.5. The first-order chi connectivity index (χ1) is 7.04. The van der Waals surface area contributed by atoms with E-state index in [0.717, 1.165) is 0 Å². The van der Waals surface area contributed by atoms with E-state index in [2.05, 4.69) is 5.32 Å². The van der Waals surface area contributed by atoms with Crippen LogP contribution in [0.3, 0.4) is 0 Å². The molecule has 1 aliphatic heterocycles. The van der Waals surface area contributed by atoms with Crippen molar-refractivity contribution in [1.82, 2.24) is 5.32 Å². The maximum atomic E-state index is 10.5. The molecule has 1 saturated heterocycles. The van der Waals surface area contributed by atoms with Crippen LogP contribution >= 0.6 is 0 Å². The summed E-state index contributed by atoms with van der Waals surface area (Å²) in [4.78, 5) is 10.5. The molecule has 0 aromatic rings. The van der Waals surface area contributed by atoms with Crippen molar-refractivity contribution >= 4 is 6.03 Å². The van der Waals surface area contributed by atoms with Gasteiger partial charge in [0.25, 0.3) is 0 Å². The number of carbonyl (C=O) groups is 1. The monoisotopic (exact) mass is 220 g/mol. The van der Waals surface area contributed by atoms with Gasteiger partial charge in [0.2, 0.25) is 0 Å². The Bertz CT molecular complexity index is 225. The van der Waals surface area contributed by atoms with Crippen LogP contribution < -0.4 is 11.1 Å². The Hall–Kier alpha value is -0.890. The minimum Gasteiger partial charge on any atom is -0.390 e. The molecule has 15 heavy (non-hydrogen) atoms. The first kappa shape index (κ1) is 12.2. The normalized spacial score (nSPS) is 36.2. The summed E-state index contributed by atoms with van der Waals surface area (Å²) in [6.07, 6.45) is -3.07. The molecule has 1 aliphatic rings. The average Bonchev–Trinajstić information content (AvgIpc) is 2.19. The third-order valence-electron chi connectivity index (χ3n) is 2.24. The first-order valence-electron chi connectivity index (χ1n) is 4.62. The van der Waals surface area contributed by atoms with Gasteiger partial charge < -0.3 is 30.7 Å². The third-order valence-corrected chi connectivity index (χ3v) is 2.24. The van der Waals surface area contributed by atoms with Crippen LogP contribution in [0.15, 0.2) is 0 Å². The highest BCUT2D eigenvalue weighted by atomic mass is 16.7. The lowest BCUT2D eigenvalue weighted by atomic mass is 10.0. The minimum absolute atomic E-state index is 0.180. The second-order valence-electron chi connectivity index (χ2n) is 3.40. The van der Waals surface area contributed by atoms with Gasteiger partial charge in [0.1, 0.15) is 6.10 Å². The van der Waals surface area contributed by atoms with Gasteiger partial charge in [0.15, 0.2) is 6.29 Å². The number of nitrogens with two attached hydrogens (primary N) is 1. The topological polar surface area (TPSA) is 114 Å². The van der Waals surface area contributed by atoms with Gasteiger partial charge in [0.05, 0.1) is 12.2 Å². The zero-order valence-corrected chi connectivity index (χ0v) is 8.42. The second kappa shape index (κ2) is 5.26. The van der Waals surface area contributed by atoms with Crippen molar-refractivity contribution in [2.75, 3.05) is 13.7 Å². The number of carbonyl (C=O) groups excluding carboxylic acids is 1. The highest BCUT2D eigenvalue weighted by molar-refractivity contribution is 5.71. The summed E-state index contributed by atoms with van der Waals surface area (Å²) in [5.41, 5.74) is 4.89. The minimum atomic E-state index is -1.07. The van der Waals surface area contributed by atoms with Crippen molar-refractivity contribution in [3.63, 3.8) is 0 Å². The lowest BCUT2D eigenvalue weighted by Gasteiger charge is -2.36. The van der Waals surface area contributed by atoms with E-state index in [-0.39, 0.29) is 13.0 Å². The highest BCUT2D eigenvalue weighted by Gasteiger charge is 2.36. The fraction of sp³-hybridized carbons (Fsp3) is 0.875. The van der Waals surface area contributed by atoms with Crippen LogP contribution in [-0.4, -0.2) is 54.5 Å². The molecule has 1 fully saturated rings. The Labute approximate surface area is 87.2 Å². The molecule has 5 N–H and O–H groups in total. The smallest absolute Gasteiger partial charge is 0.312 e. The second-order valence-corrected chi connectivity index (χ2v) is 3.40. The molecule has 1 heterocycles. The Balaban J connectivity index is 2.44. The van der Waals surface area contributed by atoms with E-state index >= 15 is 0 Å². The van der Waals surface area contributed by atoms with Crippen molar-refractivity contribution in [1.29, 1.82) is 0 Å². The number of aliphatic hydroxyl groups is 2. The Morgan fingerprint density at radius 3 is 2.87 bits per heavy atom. The summed E-state index contributed by atoms with van der Waals surface area (Å²) < 4.78 is 10.1. The molecule has 0 saturated carbocycles. The number of ether oxygens (including phenoxy) is 2. The molecule has 7 heteroatoms. The van der Waals surface area contributed by atoms with Crippen LogP contribution in [0.2, 0.25) is 0 Å². The summed E-state index contributed by atoms with van der Waals surface area (Å²) >= 11 is 0. The summed E-state index contributed by atoms with van der Waals surface area (Å²) in [6, 6.07) is -0.659. The maximum Gasteiger partial charge on any atom is 0.312 e. The number of nitrogens with one attached hydrogen (secondary N) is 1. The van der Waals surface area contributed by atoms with Crippen molar-refractivity contribution < 1.29 is 24.5 Å². The first-order valence-corrected chi connectivity index (χ1v) is 4.62. The molecule has 0 aromatic heterocycles. The molecule has 7 nitrogen and oxygen atoms in total. The number of hydrogen-bond acceptors (Lipinski definition) is 5. The molecule has 0 aromatic carbocycles. The number of rotatable bonds is 3. The van der Waals surface area contributed by atoms with Gasteiger partial charge >= 0.3 is 6.03 Å². The van der Waals surface area contributed by atoms with E-state index < -0.39 is 30.6 Å². The molecule has 0 unspecified atom stereocenters. The van der Waals surface area contributed by atoms with Crippen LogP contribution in [0, 0.1) is 0 Å². The van der Waals surface area contributed by atoms with E-state index in [4.69, 9.17) is 15.2 Å². The number of urea groups is 1. The Morgan fingerprint density at radius 2 is 2.33 bits per heavy atom. The molecule has 0 bridgehead atoms. The van der Waals surface area contributed by atoms with Gasteiger partial charge in [-0.15, -0.1) is 0 Å². The number of hydrogen-bond donors (Lipinski definition) is 4. The summed E-state index contributed by atoms with van der Waals surface area (Å²) in [6.45, 7) is 0.180. The van der Waals surface area contributed by atoms with Crippen LogP contribution in [0.4, 0.5) is 4.79 Å². The van der Waals surface area contributed by atoms with Gasteiger partial charge in [-0.2, -0.15) is 0 Å². The predicted octanol–water partition coefficient (Wildman–Crippen LogP) is -1.86. The van der Waals surface area contributed by atoms with Gasteiger partial charge in [-0.25, -0.2) is 4.79 Å². The standard InChI is InChI=1S/C8H16N2O5/c1-14-7-6(12)5(11)2-4(15-7)3-10-8(9)13/h4-7,11-12H,2-3H2,1H3,(H3,9,10,13)/t4-,5+,6+,7+/m0/s1. The molecule has 0 aliphatic carbocycles. The summed E-state index contributed by atoms with van der Waals surface area (Å²) in [5.74, 6) is 0. The quantitative estimate of drug-likeness (QED) is 0.445. The van der Waals surface area contributed by atoms with E-state index in [9.17, 15) is 15.0 Å². The Kier molecular flexibility index (Phi) is 4.28.